The summed E-state index contributed by atoms with van der Waals surface area (Å²) in [5.41, 5.74) is 2.11. The lowest BCUT2D eigenvalue weighted by molar-refractivity contribution is -0.120. The zero-order chi connectivity index (χ0) is 17.3. The zero-order valence-electron chi connectivity index (χ0n) is 13.1. The smallest absolute Gasteiger partial charge is 0.243 e. The molecule has 3 rings (SSSR count). The number of rotatable bonds is 3. The van der Waals surface area contributed by atoms with Gasteiger partial charge in [-0.15, -0.1) is 0 Å². The zero-order valence-corrected chi connectivity index (χ0v) is 14.0. The van der Waals surface area contributed by atoms with Crippen molar-refractivity contribution in [3.05, 3.63) is 59.7 Å². The minimum absolute atomic E-state index is 0.0621. The lowest BCUT2D eigenvalue weighted by Crippen LogP contribution is -2.50. The summed E-state index contributed by atoms with van der Waals surface area (Å²) in [7, 11) is -3.56. The summed E-state index contributed by atoms with van der Waals surface area (Å²) in [5, 5.41) is 12.4. The molecule has 0 aromatic heterocycles. The molecule has 1 heterocycles. The molecule has 0 fully saturated rings. The van der Waals surface area contributed by atoms with Gasteiger partial charge in [-0.2, -0.15) is 4.31 Å². The average Bonchev–Trinajstić information content (AvgIpc) is 2.55. The highest BCUT2D eigenvalue weighted by Crippen LogP contribution is 2.27. The lowest BCUT2D eigenvalue weighted by atomic mass is 9.95. The number of phenolic OH excluding ortho intramolecular Hbond substituents is 1. The molecule has 0 spiro atoms. The van der Waals surface area contributed by atoms with E-state index in [9.17, 15) is 18.3 Å². The summed E-state index contributed by atoms with van der Waals surface area (Å²) in [6, 6.07) is 13.0. The van der Waals surface area contributed by atoms with Crippen LogP contribution in [0.25, 0.3) is 0 Å². The first-order valence-corrected chi connectivity index (χ1v) is 9.33. The monoisotopic (exact) mass is 346 g/mol. The van der Waals surface area contributed by atoms with E-state index in [0.717, 1.165) is 17.4 Å². The molecule has 2 N–H and O–H groups in total. The van der Waals surface area contributed by atoms with Gasteiger partial charge in [-0.3, -0.25) is 4.79 Å². The van der Waals surface area contributed by atoms with E-state index in [0.29, 0.717) is 6.42 Å². The van der Waals surface area contributed by atoms with Crippen LogP contribution in [0.1, 0.15) is 11.1 Å². The molecule has 0 saturated carbocycles. The van der Waals surface area contributed by atoms with Crippen LogP contribution in [0.3, 0.4) is 0 Å². The van der Waals surface area contributed by atoms with E-state index in [1.807, 2.05) is 24.3 Å². The van der Waals surface area contributed by atoms with E-state index < -0.39 is 22.0 Å². The van der Waals surface area contributed by atoms with Gasteiger partial charge >= 0.3 is 0 Å². The van der Waals surface area contributed by atoms with Gasteiger partial charge in [0.15, 0.2) is 0 Å². The van der Waals surface area contributed by atoms with E-state index in [1.54, 1.807) is 18.2 Å². The SMILES string of the molecule is CS(=O)(=O)N1Cc2ccccc2C[C@@H]1C(=O)Nc1ccccc1O. The Morgan fingerprint density at radius 2 is 1.75 bits per heavy atom. The third-order valence-corrected chi connectivity index (χ3v) is 5.33. The fourth-order valence-corrected chi connectivity index (χ4v) is 3.87. The van der Waals surface area contributed by atoms with Crippen LogP contribution in [0.4, 0.5) is 5.69 Å². The fourth-order valence-electron chi connectivity index (χ4n) is 2.87. The van der Waals surface area contributed by atoms with Crippen molar-refractivity contribution in [2.45, 2.75) is 19.0 Å². The van der Waals surface area contributed by atoms with E-state index in [1.165, 1.54) is 10.4 Å². The van der Waals surface area contributed by atoms with Crippen molar-refractivity contribution in [1.29, 1.82) is 0 Å². The summed E-state index contributed by atoms with van der Waals surface area (Å²) >= 11 is 0. The molecule has 0 unspecified atom stereocenters. The lowest BCUT2D eigenvalue weighted by Gasteiger charge is -2.34. The number of para-hydroxylation sites is 2. The summed E-state index contributed by atoms with van der Waals surface area (Å²) in [6.07, 6.45) is 1.39. The number of phenols is 1. The summed E-state index contributed by atoms with van der Waals surface area (Å²) in [4.78, 5) is 12.7. The topological polar surface area (TPSA) is 86.7 Å². The predicted molar refractivity (Wildman–Crippen MR) is 91.1 cm³/mol. The van der Waals surface area contributed by atoms with Crippen molar-refractivity contribution in [1.82, 2.24) is 4.31 Å². The fraction of sp³-hybridized carbons (Fsp3) is 0.235. The molecule has 0 radical (unpaired) electrons. The number of carbonyl (C=O) groups excluding carboxylic acids is 1. The number of sulfonamides is 1. The van der Waals surface area contributed by atoms with Crippen molar-refractivity contribution in [3.8, 4) is 5.75 Å². The van der Waals surface area contributed by atoms with E-state index in [2.05, 4.69) is 5.32 Å². The number of carbonyl (C=O) groups is 1. The first kappa shape index (κ1) is 16.5. The Hall–Kier alpha value is -2.38. The maximum atomic E-state index is 12.7. The molecular formula is C17H18N2O4S. The maximum absolute atomic E-state index is 12.7. The van der Waals surface area contributed by atoms with Gasteiger partial charge in [0.05, 0.1) is 11.9 Å². The van der Waals surface area contributed by atoms with Gasteiger partial charge < -0.3 is 10.4 Å². The van der Waals surface area contributed by atoms with Crippen LogP contribution in [-0.2, 0) is 27.8 Å². The first-order chi connectivity index (χ1) is 11.4. The molecule has 1 aliphatic heterocycles. The standard InChI is InChI=1S/C17H18N2O4S/c1-24(22,23)19-11-13-7-3-2-6-12(13)10-15(19)17(21)18-14-8-4-5-9-16(14)20/h2-9,15,20H,10-11H2,1H3,(H,18,21)/t15-/m1/s1. The van der Waals surface area contributed by atoms with Crippen molar-refractivity contribution in [2.75, 3.05) is 11.6 Å². The minimum Gasteiger partial charge on any atom is -0.506 e. The van der Waals surface area contributed by atoms with Gasteiger partial charge in [0.25, 0.3) is 0 Å². The van der Waals surface area contributed by atoms with E-state index >= 15 is 0 Å². The Morgan fingerprint density at radius 3 is 2.42 bits per heavy atom. The van der Waals surface area contributed by atoms with Gasteiger partial charge in [-0.25, -0.2) is 8.42 Å². The summed E-state index contributed by atoms with van der Waals surface area (Å²) < 4.78 is 25.5. The third-order valence-electron chi connectivity index (χ3n) is 4.10. The predicted octanol–water partition coefficient (Wildman–Crippen LogP) is 1.72. The van der Waals surface area contributed by atoms with Crippen LogP contribution in [0.2, 0.25) is 0 Å². The Morgan fingerprint density at radius 1 is 1.12 bits per heavy atom. The van der Waals surface area contributed by atoms with Crippen molar-refractivity contribution >= 4 is 21.6 Å². The molecule has 7 heteroatoms. The average molecular weight is 346 g/mol. The molecule has 0 aliphatic carbocycles. The number of benzene rings is 2. The Balaban J connectivity index is 1.92. The van der Waals surface area contributed by atoms with Gasteiger partial charge in [0, 0.05) is 6.54 Å². The molecule has 24 heavy (non-hydrogen) atoms. The number of aromatic hydroxyl groups is 1. The van der Waals surface area contributed by atoms with Gasteiger partial charge in [0.1, 0.15) is 11.8 Å². The number of anilines is 1. The van der Waals surface area contributed by atoms with Crippen LogP contribution >= 0.6 is 0 Å². The van der Waals surface area contributed by atoms with Crippen LogP contribution in [0, 0.1) is 0 Å². The summed E-state index contributed by atoms with van der Waals surface area (Å²) in [5.74, 6) is -0.524. The molecule has 1 amide bonds. The molecule has 2 aromatic rings. The van der Waals surface area contributed by atoms with Crippen molar-refractivity contribution in [3.63, 3.8) is 0 Å². The van der Waals surface area contributed by atoms with E-state index in [-0.39, 0.29) is 18.0 Å². The van der Waals surface area contributed by atoms with Gasteiger partial charge in [-0.05, 0) is 29.7 Å². The second-order valence-corrected chi connectivity index (χ2v) is 7.74. The second kappa shape index (κ2) is 6.26. The maximum Gasteiger partial charge on any atom is 0.243 e. The number of hydrogen-bond donors (Lipinski definition) is 2. The normalized spacial score (nSPS) is 18.0. The molecule has 1 aliphatic rings. The third kappa shape index (κ3) is 3.27. The quantitative estimate of drug-likeness (QED) is 0.829. The molecule has 0 bridgehead atoms. The Bertz CT molecular complexity index is 880. The minimum atomic E-state index is -3.56. The molecule has 2 aromatic carbocycles. The second-order valence-electron chi connectivity index (χ2n) is 5.80. The van der Waals surface area contributed by atoms with Crippen molar-refractivity contribution < 1.29 is 18.3 Å². The highest BCUT2D eigenvalue weighted by molar-refractivity contribution is 7.88. The number of hydrogen-bond acceptors (Lipinski definition) is 4. The largest absolute Gasteiger partial charge is 0.506 e. The number of nitrogens with one attached hydrogen (secondary N) is 1. The van der Waals surface area contributed by atoms with Crippen LogP contribution in [0.15, 0.2) is 48.5 Å². The van der Waals surface area contributed by atoms with E-state index in [4.69, 9.17) is 0 Å². The molecule has 6 nitrogen and oxygen atoms in total. The molecule has 126 valence electrons. The van der Waals surface area contributed by atoms with Gasteiger partial charge in [-0.1, -0.05) is 36.4 Å². The van der Waals surface area contributed by atoms with Crippen LogP contribution < -0.4 is 5.32 Å². The van der Waals surface area contributed by atoms with Crippen LogP contribution in [0.5, 0.6) is 5.75 Å². The number of fused-ring (bicyclic) bond motifs is 1. The first-order valence-electron chi connectivity index (χ1n) is 7.49. The number of nitrogens with zero attached hydrogens (tertiary/aromatic N) is 1. The van der Waals surface area contributed by atoms with Crippen molar-refractivity contribution in [2.24, 2.45) is 0 Å². The van der Waals surface area contributed by atoms with Gasteiger partial charge in [0.2, 0.25) is 15.9 Å². The Labute approximate surface area is 140 Å². The Kier molecular flexibility index (Phi) is 4.29. The number of amides is 1. The molecule has 1 atom stereocenters. The molecular weight excluding hydrogens is 328 g/mol. The highest BCUT2D eigenvalue weighted by atomic mass is 32.2. The van der Waals surface area contributed by atoms with Crippen LogP contribution in [-0.4, -0.2) is 36.0 Å². The summed E-state index contributed by atoms with van der Waals surface area (Å²) in [6.45, 7) is 0.161. The highest BCUT2D eigenvalue weighted by Gasteiger charge is 2.36. The molecule has 0 saturated heterocycles.